The summed E-state index contributed by atoms with van der Waals surface area (Å²) in [5.41, 5.74) is -0.338. The molecule has 1 aromatic rings. The highest BCUT2D eigenvalue weighted by atomic mass is 19.1. The number of carbonyl (C=O) groups is 1. The smallest absolute Gasteiger partial charge is 0.251 e. The molecule has 0 bridgehead atoms. The first-order chi connectivity index (χ1) is 7.88. The minimum Gasteiger partial charge on any atom is -0.286 e. The largest absolute Gasteiger partial charge is 0.286 e. The highest BCUT2D eigenvalue weighted by Crippen LogP contribution is 2.23. The Morgan fingerprint density at radius 1 is 1.41 bits per heavy atom. The van der Waals surface area contributed by atoms with Gasteiger partial charge in [0.25, 0.3) is 5.91 Å². The molecule has 0 saturated carbocycles. The Bertz CT molecular complexity index is 404. The zero-order chi connectivity index (χ0) is 13.1. The van der Waals surface area contributed by atoms with Crippen molar-refractivity contribution in [1.82, 2.24) is 5.06 Å². The molecular weight excluding hydrogens is 221 g/mol. The van der Waals surface area contributed by atoms with Gasteiger partial charge >= 0.3 is 0 Å². The van der Waals surface area contributed by atoms with E-state index in [1.54, 1.807) is 32.0 Å². The van der Waals surface area contributed by atoms with Crippen molar-refractivity contribution in [2.24, 2.45) is 5.41 Å². The third-order valence-electron chi connectivity index (χ3n) is 2.98. The first-order valence-electron chi connectivity index (χ1n) is 5.62. The zero-order valence-electron chi connectivity index (χ0n) is 10.4. The summed E-state index contributed by atoms with van der Waals surface area (Å²) in [4.78, 5) is 11.9. The summed E-state index contributed by atoms with van der Waals surface area (Å²) in [6.45, 7) is 5.24. The molecular formula is C13H18FNO2. The fourth-order valence-corrected chi connectivity index (χ4v) is 1.36. The van der Waals surface area contributed by atoms with E-state index in [2.05, 4.69) is 0 Å². The normalized spacial score (nSPS) is 11.4. The standard InChI is InChI=1S/C13H18FNO2/c1-4-13(2,3)12(16)15(17)9-10-7-5-6-8-11(10)14/h5-8,17H,4,9H2,1-3H3. The van der Waals surface area contributed by atoms with Crippen molar-refractivity contribution >= 4 is 5.91 Å². The SMILES string of the molecule is CCC(C)(C)C(=O)N(O)Cc1ccccc1F. The Labute approximate surface area is 101 Å². The van der Waals surface area contributed by atoms with Crippen molar-refractivity contribution in [3.05, 3.63) is 35.6 Å². The number of hydroxylamine groups is 2. The highest BCUT2D eigenvalue weighted by molar-refractivity contribution is 5.80. The lowest BCUT2D eigenvalue weighted by molar-refractivity contribution is -0.178. The fraction of sp³-hybridized carbons (Fsp3) is 0.462. The molecule has 0 atom stereocenters. The molecule has 0 aromatic heterocycles. The molecule has 0 aliphatic carbocycles. The summed E-state index contributed by atoms with van der Waals surface area (Å²) in [7, 11) is 0. The minimum atomic E-state index is -0.639. The van der Waals surface area contributed by atoms with Gasteiger partial charge in [-0.25, -0.2) is 9.45 Å². The van der Waals surface area contributed by atoms with E-state index < -0.39 is 17.1 Å². The first-order valence-corrected chi connectivity index (χ1v) is 5.62. The molecule has 0 heterocycles. The summed E-state index contributed by atoms with van der Waals surface area (Å²) in [5.74, 6) is -0.822. The molecule has 3 nitrogen and oxygen atoms in total. The van der Waals surface area contributed by atoms with Crippen LogP contribution < -0.4 is 0 Å². The second kappa shape index (κ2) is 5.27. The van der Waals surface area contributed by atoms with Crippen molar-refractivity contribution in [1.29, 1.82) is 0 Å². The van der Waals surface area contributed by atoms with E-state index in [0.717, 1.165) is 0 Å². The van der Waals surface area contributed by atoms with E-state index in [-0.39, 0.29) is 6.54 Å². The van der Waals surface area contributed by atoms with E-state index in [0.29, 0.717) is 17.0 Å². The Hall–Kier alpha value is -1.42. The van der Waals surface area contributed by atoms with E-state index >= 15 is 0 Å². The molecule has 0 aliphatic rings. The van der Waals surface area contributed by atoms with Crippen molar-refractivity contribution in [2.45, 2.75) is 33.7 Å². The number of halogens is 1. The minimum absolute atomic E-state index is 0.130. The maximum atomic E-state index is 13.3. The molecule has 1 aromatic carbocycles. The number of benzene rings is 1. The van der Waals surface area contributed by atoms with Gasteiger partial charge in [0.15, 0.2) is 0 Å². The average Bonchev–Trinajstić information content (AvgIpc) is 2.31. The van der Waals surface area contributed by atoms with Gasteiger partial charge in [0, 0.05) is 11.0 Å². The Morgan fingerprint density at radius 3 is 2.53 bits per heavy atom. The molecule has 0 fully saturated rings. The summed E-state index contributed by atoms with van der Waals surface area (Å²) >= 11 is 0. The molecule has 1 rings (SSSR count). The van der Waals surface area contributed by atoms with Crippen LogP contribution in [-0.2, 0) is 11.3 Å². The van der Waals surface area contributed by atoms with Gasteiger partial charge in [-0.15, -0.1) is 0 Å². The second-order valence-electron chi connectivity index (χ2n) is 4.69. The van der Waals surface area contributed by atoms with Crippen LogP contribution in [-0.4, -0.2) is 16.2 Å². The van der Waals surface area contributed by atoms with Crippen LogP contribution in [0.3, 0.4) is 0 Å². The molecule has 0 radical (unpaired) electrons. The van der Waals surface area contributed by atoms with Gasteiger partial charge < -0.3 is 0 Å². The number of carbonyl (C=O) groups excluding carboxylic acids is 1. The monoisotopic (exact) mass is 239 g/mol. The number of rotatable bonds is 4. The van der Waals surface area contributed by atoms with Crippen LogP contribution in [0.1, 0.15) is 32.8 Å². The lowest BCUT2D eigenvalue weighted by Crippen LogP contribution is -2.38. The van der Waals surface area contributed by atoms with Crippen LogP contribution in [0.25, 0.3) is 0 Å². The third kappa shape index (κ3) is 3.27. The second-order valence-corrected chi connectivity index (χ2v) is 4.69. The number of hydrogen-bond donors (Lipinski definition) is 1. The molecule has 0 aliphatic heterocycles. The molecule has 17 heavy (non-hydrogen) atoms. The first kappa shape index (κ1) is 13.6. The molecule has 4 heteroatoms. The van der Waals surface area contributed by atoms with E-state index in [1.165, 1.54) is 6.07 Å². The van der Waals surface area contributed by atoms with Crippen molar-refractivity contribution in [3.63, 3.8) is 0 Å². The lowest BCUT2D eigenvalue weighted by Gasteiger charge is -2.26. The average molecular weight is 239 g/mol. The summed E-state index contributed by atoms with van der Waals surface area (Å²) in [5, 5.41) is 10.3. The van der Waals surface area contributed by atoms with E-state index in [4.69, 9.17) is 0 Å². The molecule has 0 unspecified atom stereocenters. The van der Waals surface area contributed by atoms with Gasteiger partial charge in [-0.3, -0.25) is 10.0 Å². The van der Waals surface area contributed by atoms with Crippen molar-refractivity contribution < 1.29 is 14.4 Å². The van der Waals surface area contributed by atoms with E-state index in [9.17, 15) is 14.4 Å². The fourth-order valence-electron chi connectivity index (χ4n) is 1.36. The molecule has 1 N–H and O–H groups in total. The number of nitrogens with zero attached hydrogens (tertiary/aromatic N) is 1. The summed E-state index contributed by atoms with van der Waals surface area (Å²) in [6, 6.07) is 6.09. The predicted molar refractivity (Wildman–Crippen MR) is 62.8 cm³/mol. The number of amides is 1. The third-order valence-corrected chi connectivity index (χ3v) is 2.98. The molecule has 1 amide bonds. The maximum Gasteiger partial charge on any atom is 0.251 e. The van der Waals surface area contributed by atoms with Gasteiger partial charge in [0.2, 0.25) is 0 Å². The van der Waals surface area contributed by atoms with Gasteiger partial charge in [-0.1, -0.05) is 39.0 Å². The molecule has 0 saturated heterocycles. The Kier molecular flexibility index (Phi) is 4.23. The van der Waals surface area contributed by atoms with Crippen LogP contribution in [0.5, 0.6) is 0 Å². The van der Waals surface area contributed by atoms with Crippen LogP contribution >= 0.6 is 0 Å². The molecule has 0 spiro atoms. The van der Waals surface area contributed by atoms with E-state index in [1.807, 2.05) is 6.92 Å². The van der Waals surface area contributed by atoms with Crippen LogP contribution in [0.2, 0.25) is 0 Å². The van der Waals surface area contributed by atoms with Gasteiger partial charge in [-0.2, -0.15) is 0 Å². The van der Waals surface area contributed by atoms with Crippen LogP contribution in [0.4, 0.5) is 4.39 Å². The van der Waals surface area contributed by atoms with Crippen molar-refractivity contribution in [2.75, 3.05) is 0 Å². The number of hydrogen-bond acceptors (Lipinski definition) is 2. The van der Waals surface area contributed by atoms with Crippen LogP contribution in [0.15, 0.2) is 24.3 Å². The van der Waals surface area contributed by atoms with Gasteiger partial charge in [0.1, 0.15) is 5.82 Å². The van der Waals surface area contributed by atoms with Crippen LogP contribution in [0, 0.1) is 11.2 Å². The Morgan fingerprint density at radius 2 is 2.00 bits per heavy atom. The lowest BCUT2D eigenvalue weighted by atomic mass is 9.89. The predicted octanol–water partition coefficient (Wildman–Crippen LogP) is 2.98. The highest BCUT2D eigenvalue weighted by Gasteiger charge is 2.30. The van der Waals surface area contributed by atoms with Gasteiger partial charge in [0.05, 0.1) is 6.54 Å². The van der Waals surface area contributed by atoms with Gasteiger partial charge in [-0.05, 0) is 12.5 Å². The zero-order valence-corrected chi connectivity index (χ0v) is 10.4. The maximum absolute atomic E-state index is 13.3. The summed E-state index contributed by atoms with van der Waals surface area (Å²) < 4.78 is 13.3. The quantitative estimate of drug-likeness (QED) is 0.648. The topological polar surface area (TPSA) is 40.5 Å². The Balaban J connectivity index is 2.77. The van der Waals surface area contributed by atoms with Crippen molar-refractivity contribution in [3.8, 4) is 0 Å². The molecule has 94 valence electrons. The summed E-state index contributed by atoms with van der Waals surface area (Å²) in [6.07, 6.45) is 0.611.